The zero-order valence-electron chi connectivity index (χ0n) is 20.1. The number of hydrogen-bond acceptors (Lipinski definition) is 5. The first-order valence-electron chi connectivity index (χ1n) is 11.2. The third-order valence-corrected chi connectivity index (χ3v) is 4.82. The van der Waals surface area contributed by atoms with Crippen LogP contribution in [0.2, 0.25) is 0 Å². The Hall–Kier alpha value is -4.08. The van der Waals surface area contributed by atoms with E-state index in [-0.39, 0.29) is 0 Å². The van der Waals surface area contributed by atoms with Gasteiger partial charge in [-0.1, -0.05) is 30.3 Å². The van der Waals surface area contributed by atoms with Crippen LogP contribution in [-0.2, 0) is 10.9 Å². The Bertz CT molecular complexity index is 1190. The Morgan fingerprint density at radius 3 is 2.22 bits per heavy atom. The highest BCUT2D eigenvalue weighted by Gasteiger charge is 2.30. The number of nitrogens with zero attached hydrogens (tertiary/aromatic N) is 1. The molecule has 36 heavy (non-hydrogen) atoms. The van der Waals surface area contributed by atoms with E-state index >= 15 is 0 Å². The van der Waals surface area contributed by atoms with Gasteiger partial charge in [0.15, 0.2) is 0 Å². The number of hydrogen-bond donors (Lipinski definition) is 3. The molecule has 0 saturated carbocycles. The number of ether oxygens (including phenoxy) is 1. The molecule has 2 aromatic carbocycles. The third-order valence-electron chi connectivity index (χ3n) is 4.82. The summed E-state index contributed by atoms with van der Waals surface area (Å²) < 4.78 is 43.8. The van der Waals surface area contributed by atoms with E-state index in [0.29, 0.717) is 41.3 Å². The van der Waals surface area contributed by atoms with Crippen LogP contribution in [0.25, 0.3) is 11.1 Å². The summed E-state index contributed by atoms with van der Waals surface area (Å²) in [6, 6.07) is 14.7. The van der Waals surface area contributed by atoms with Crippen LogP contribution in [0.5, 0.6) is 0 Å². The Kier molecular flexibility index (Phi) is 8.18. The van der Waals surface area contributed by atoms with E-state index in [1.165, 1.54) is 18.3 Å². The smallest absolute Gasteiger partial charge is 0.416 e. The number of pyridine rings is 1. The van der Waals surface area contributed by atoms with Crippen LogP contribution in [0.15, 0.2) is 66.9 Å². The second-order valence-electron chi connectivity index (χ2n) is 8.86. The van der Waals surface area contributed by atoms with Gasteiger partial charge in [0.25, 0.3) is 5.91 Å². The summed E-state index contributed by atoms with van der Waals surface area (Å²) in [5.74, 6) is 0.124. The van der Waals surface area contributed by atoms with E-state index in [2.05, 4.69) is 20.9 Å². The lowest BCUT2D eigenvalue weighted by molar-refractivity contribution is -0.137. The van der Waals surface area contributed by atoms with Crippen molar-refractivity contribution < 1.29 is 27.5 Å². The quantitative estimate of drug-likeness (QED) is 0.349. The van der Waals surface area contributed by atoms with Gasteiger partial charge in [-0.15, -0.1) is 0 Å². The molecule has 3 N–H and O–H groups in total. The molecular weight excluding hydrogens is 473 g/mol. The number of alkyl carbamates (subject to hydrolysis) is 1. The van der Waals surface area contributed by atoms with Crippen molar-refractivity contribution in [2.24, 2.45) is 0 Å². The van der Waals surface area contributed by atoms with E-state index in [4.69, 9.17) is 4.74 Å². The number of carbonyl (C=O) groups is 2. The molecule has 10 heteroatoms. The lowest BCUT2D eigenvalue weighted by Gasteiger charge is -2.19. The van der Waals surface area contributed by atoms with E-state index in [0.717, 1.165) is 12.1 Å². The molecule has 1 aromatic heterocycles. The normalized spacial score (nSPS) is 11.5. The maximum atomic E-state index is 12.9. The molecule has 0 atom stereocenters. The fourth-order valence-corrected chi connectivity index (χ4v) is 3.21. The average molecular weight is 501 g/mol. The Labute approximate surface area is 207 Å². The van der Waals surface area contributed by atoms with Crippen LogP contribution < -0.4 is 16.0 Å². The van der Waals surface area contributed by atoms with Crippen molar-refractivity contribution in [3.8, 4) is 11.1 Å². The van der Waals surface area contributed by atoms with E-state index in [9.17, 15) is 22.8 Å². The maximum Gasteiger partial charge on any atom is 0.416 e. The van der Waals surface area contributed by atoms with Gasteiger partial charge in [-0.05, 0) is 62.2 Å². The topological polar surface area (TPSA) is 92.4 Å². The van der Waals surface area contributed by atoms with Crippen LogP contribution in [0.1, 0.15) is 36.7 Å². The average Bonchev–Trinajstić information content (AvgIpc) is 2.81. The molecule has 190 valence electrons. The minimum atomic E-state index is -4.43. The number of carbonyl (C=O) groups excluding carboxylic acids is 2. The van der Waals surface area contributed by atoms with Crippen LogP contribution in [0.3, 0.4) is 0 Å². The predicted molar refractivity (Wildman–Crippen MR) is 132 cm³/mol. The molecule has 3 rings (SSSR count). The Morgan fingerprint density at radius 2 is 1.61 bits per heavy atom. The van der Waals surface area contributed by atoms with Gasteiger partial charge in [-0.3, -0.25) is 4.79 Å². The summed E-state index contributed by atoms with van der Waals surface area (Å²) in [5.41, 5.74) is 0.428. The fraction of sp³-hybridized carbons (Fsp3) is 0.269. The van der Waals surface area contributed by atoms with Crippen LogP contribution >= 0.6 is 0 Å². The van der Waals surface area contributed by atoms with Crippen LogP contribution in [0.4, 0.5) is 29.5 Å². The SMILES string of the molecule is CC(C)(C)OC(=O)NCCNc1ccc(NC(=O)c2ccccc2-c2ccc(C(F)(F)F)cc2)cn1. The largest absolute Gasteiger partial charge is 0.444 e. The number of benzene rings is 2. The second kappa shape index (κ2) is 11.1. The molecule has 1 heterocycles. The molecule has 3 aromatic rings. The van der Waals surface area contributed by atoms with Crippen LogP contribution in [-0.4, -0.2) is 35.7 Å². The number of alkyl halides is 3. The van der Waals surface area contributed by atoms with Gasteiger partial charge in [0.1, 0.15) is 11.4 Å². The molecule has 0 aliphatic carbocycles. The summed E-state index contributed by atoms with van der Waals surface area (Å²) in [5, 5.41) is 8.43. The Balaban J connectivity index is 1.58. The Morgan fingerprint density at radius 1 is 0.917 bits per heavy atom. The first-order chi connectivity index (χ1) is 16.9. The van der Waals surface area contributed by atoms with Gasteiger partial charge < -0.3 is 20.7 Å². The number of rotatable bonds is 7. The van der Waals surface area contributed by atoms with Crippen molar-refractivity contribution in [2.75, 3.05) is 23.7 Å². The molecule has 0 aliphatic heterocycles. The summed E-state index contributed by atoms with van der Waals surface area (Å²) in [4.78, 5) is 28.8. The van der Waals surface area contributed by atoms with E-state index in [1.807, 2.05) is 0 Å². The molecule has 2 amide bonds. The van der Waals surface area contributed by atoms with Crippen LogP contribution in [0, 0.1) is 0 Å². The van der Waals surface area contributed by atoms with Crippen molar-refractivity contribution >= 4 is 23.5 Å². The van der Waals surface area contributed by atoms with Gasteiger partial charge >= 0.3 is 12.3 Å². The van der Waals surface area contributed by atoms with Gasteiger partial charge in [-0.25, -0.2) is 9.78 Å². The molecule has 0 bridgehead atoms. The van der Waals surface area contributed by atoms with Crippen molar-refractivity contribution in [1.29, 1.82) is 0 Å². The molecular formula is C26H27F3N4O3. The number of nitrogens with one attached hydrogen (secondary N) is 3. The lowest BCUT2D eigenvalue weighted by Crippen LogP contribution is -2.35. The molecule has 0 radical (unpaired) electrons. The molecule has 0 spiro atoms. The zero-order valence-corrected chi connectivity index (χ0v) is 20.1. The van der Waals surface area contributed by atoms with E-state index < -0.39 is 29.3 Å². The number of anilines is 2. The van der Waals surface area contributed by atoms with Crippen molar-refractivity contribution in [1.82, 2.24) is 10.3 Å². The van der Waals surface area contributed by atoms with Crippen molar-refractivity contribution in [3.05, 3.63) is 78.0 Å². The van der Waals surface area contributed by atoms with Crippen molar-refractivity contribution in [3.63, 3.8) is 0 Å². The van der Waals surface area contributed by atoms with Crippen molar-refractivity contribution in [2.45, 2.75) is 32.5 Å². The monoisotopic (exact) mass is 500 g/mol. The molecule has 0 aliphatic rings. The summed E-state index contributed by atoms with van der Waals surface area (Å²) in [6.07, 6.45) is -3.47. The minimum absolute atomic E-state index is 0.313. The molecule has 7 nitrogen and oxygen atoms in total. The maximum absolute atomic E-state index is 12.9. The first-order valence-corrected chi connectivity index (χ1v) is 11.2. The molecule has 0 fully saturated rings. The summed E-state index contributed by atoms with van der Waals surface area (Å²) >= 11 is 0. The second-order valence-corrected chi connectivity index (χ2v) is 8.86. The van der Waals surface area contributed by atoms with Gasteiger partial charge in [0, 0.05) is 18.7 Å². The van der Waals surface area contributed by atoms with E-state index in [1.54, 1.807) is 57.2 Å². The third kappa shape index (κ3) is 7.72. The minimum Gasteiger partial charge on any atom is -0.444 e. The fourth-order valence-electron chi connectivity index (χ4n) is 3.21. The zero-order chi connectivity index (χ0) is 26.3. The van der Waals surface area contributed by atoms with Gasteiger partial charge in [0.05, 0.1) is 17.4 Å². The summed E-state index contributed by atoms with van der Waals surface area (Å²) in [6.45, 7) is 6.08. The molecule has 0 unspecified atom stereocenters. The van der Waals surface area contributed by atoms with Gasteiger partial charge in [-0.2, -0.15) is 13.2 Å². The standard InChI is InChI=1S/C26H27F3N4O3/c1-25(2,3)36-24(35)31-15-14-30-22-13-12-19(16-32-22)33-23(34)21-7-5-4-6-20(21)17-8-10-18(11-9-17)26(27,28)29/h4-13,16H,14-15H2,1-3H3,(H,30,32)(H,31,35)(H,33,34). The predicted octanol–water partition coefficient (Wildman–Crippen LogP) is 5.96. The molecule has 0 saturated heterocycles. The first kappa shape index (κ1) is 26.5. The number of halogens is 3. The highest BCUT2D eigenvalue weighted by molar-refractivity contribution is 6.08. The highest BCUT2D eigenvalue weighted by atomic mass is 19.4. The number of aromatic nitrogens is 1. The lowest BCUT2D eigenvalue weighted by atomic mass is 9.98. The highest BCUT2D eigenvalue weighted by Crippen LogP contribution is 2.32. The summed E-state index contributed by atoms with van der Waals surface area (Å²) in [7, 11) is 0. The van der Waals surface area contributed by atoms with Gasteiger partial charge in [0.2, 0.25) is 0 Å². The number of amides is 2.